The first-order chi connectivity index (χ1) is 9.29. The van der Waals surface area contributed by atoms with Crippen molar-refractivity contribution < 1.29 is 4.79 Å². The number of aromatic nitrogens is 1. The number of hydrogen-bond donors (Lipinski definition) is 0. The first-order valence-corrected chi connectivity index (χ1v) is 8.02. The van der Waals surface area contributed by atoms with Gasteiger partial charge in [0.1, 0.15) is 0 Å². The number of Topliss-reactive ketones (excluding diaryl/α,β-unsaturated/α-hetero) is 1. The molecule has 0 bridgehead atoms. The van der Waals surface area contributed by atoms with Crippen molar-refractivity contribution in [2.75, 3.05) is 0 Å². The zero-order valence-corrected chi connectivity index (χ0v) is 12.0. The Hall–Kier alpha value is -1.05. The molecule has 19 heavy (non-hydrogen) atoms. The molecule has 1 fully saturated rings. The molecule has 0 N–H and O–H groups in total. The molecule has 0 unspecified atom stereocenters. The molecule has 0 aromatic carbocycles. The van der Waals surface area contributed by atoms with Crippen LogP contribution in [0.2, 0.25) is 0 Å². The summed E-state index contributed by atoms with van der Waals surface area (Å²) in [6.45, 7) is 2.29. The van der Waals surface area contributed by atoms with Crippen molar-refractivity contribution in [3.63, 3.8) is 0 Å². The van der Waals surface area contributed by atoms with E-state index in [0.29, 0.717) is 11.8 Å². The number of fused-ring (bicyclic) bond motifs is 1. The van der Waals surface area contributed by atoms with Crippen LogP contribution < -0.4 is 0 Å². The Labute approximate surface area is 116 Å². The van der Waals surface area contributed by atoms with E-state index in [4.69, 9.17) is 0 Å². The first-order valence-electron chi connectivity index (χ1n) is 8.02. The quantitative estimate of drug-likeness (QED) is 0.781. The van der Waals surface area contributed by atoms with E-state index in [9.17, 15) is 4.79 Å². The summed E-state index contributed by atoms with van der Waals surface area (Å²) in [6, 6.07) is 2.72. The Morgan fingerprint density at radius 1 is 1.21 bits per heavy atom. The Morgan fingerprint density at radius 2 is 2.00 bits per heavy atom. The number of hydrogen-bond acceptors (Lipinski definition) is 1. The second kappa shape index (κ2) is 5.52. The predicted octanol–water partition coefficient (Wildman–Crippen LogP) is 4.54. The Balaban J connectivity index is 1.72. The monoisotopic (exact) mass is 259 g/mol. The summed E-state index contributed by atoms with van der Waals surface area (Å²) in [5.74, 6) is 1.31. The molecule has 1 aromatic rings. The Kier molecular flexibility index (Phi) is 3.76. The zero-order valence-electron chi connectivity index (χ0n) is 12.0. The third-order valence-electron chi connectivity index (χ3n) is 5.05. The maximum atomic E-state index is 11.9. The molecule has 1 saturated carbocycles. The lowest BCUT2D eigenvalue weighted by atomic mass is 9.83. The lowest BCUT2D eigenvalue weighted by Crippen LogP contribution is -2.21. The number of rotatable bonds is 3. The lowest BCUT2D eigenvalue weighted by molar-refractivity contribution is 0.0971. The molecule has 2 heteroatoms. The summed E-state index contributed by atoms with van der Waals surface area (Å²) in [5.41, 5.74) is 2.34. The van der Waals surface area contributed by atoms with Gasteiger partial charge in [-0.1, -0.05) is 19.8 Å². The Bertz CT molecular complexity index is 452. The third-order valence-corrected chi connectivity index (χ3v) is 5.05. The van der Waals surface area contributed by atoms with Crippen molar-refractivity contribution >= 4 is 5.78 Å². The highest BCUT2D eigenvalue weighted by molar-refractivity contribution is 5.98. The van der Waals surface area contributed by atoms with Crippen LogP contribution in [0.5, 0.6) is 0 Å². The van der Waals surface area contributed by atoms with Crippen molar-refractivity contribution in [3.8, 4) is 0 Å². The van der Waals surface area contributed by atoms with Crippen LogP contribution in [-0.2, 0) is 6.42 Å². The van der Waals surface area contributed by atoms with Crippen molar-refractivity contribution in [3.05, 3.63) is 23.5 Å². The molecule has 2 nitrogen and oxygen atoms in total. The van der Waals surface area contributed by atoms with E-state index in [-0.39, 0.29) is 0 Å². The molecular formula is C17H25NO. The number of carbonyl (C=O) groups is 1. The van der Waals surface area contributed by atoms with Gasteiger partial charge >= 0.3 is 0 Å². The molecule has 104 valence electrons. The fourth-order valence-electron chi connectivity index (χ4n) is 4.01. The van der Waals surface area contributed by atoms with Crippen molar-refractivity contribution in [1.29, 1.82) is 0 Å². The van der Waals surface area contributed by atoms with E-state index < -0.39 is 0 Å². The highest BCUT2D eigenvalue weighted by Gasteiger charge is 2.26. The normalized spacial score (nSPS) is 27.3. The van der Waals surface area contributed by atoms with Gasteiger partial charge in [0.15, 0.2) is 5.78 Å². The maximum Gasteiger partial charge on any atom is 0.164 e. The van der Waals surface area contributed by atoms with E-state index >= 15 is 0 Å². The fraction of sp³-hybridized carbons (Fsp3) is 0.706. The lowest BCUT2D eigenvalue weighted by Gasteiger charge is -2.31. The summed E-state index contributed by atoms with van der Waals surface area (Å²) in [5, 5.41) is 0. The molecule has 3 rings (SSSR count). The average Bonchev–Trinajstić information content (AvgIpc) is 2.85. The summed E-state index contributed by atoms with van der Waals surface area (Å²) in [7, 11) is 0. The van der Waals surface area contributed by atoms with Crippen LogP contribution in [-0.4, -0.2) is 10.4 Å². The third kappa shape index (κ3) is 2.50. The minimum atomic E-state index is 0.361. The first kappa shape index (κ1) is 13.0. The van der Waals surface area contributed by atoms with Crippen LogP contribution in [0.25, 0.3) is 0 Å². The minimum absolute atomic E-state index is 0.361. The van der Waals surface area contributed by atoms with E-state index in [1.165, 1.54) is 44.2 Å². The van der Waals surface area contributed by atoms with E-state index in [1.54, 1.807) is 0 Å². The number of carbonyl (C=O) groups excluding carboxylic acids is 1. The topological polar surface area (TPSA) is 22.0 Å². The van der Waals surface area contributed by atoms with Crippen LogP contribution in [0.15, 0.2) is 12.3 Å². The van der Waals surface area contributed by atoms with Gasteiger partial charge < -0.3 is 4.57 Å². The fourth-order valence-corrected chi connectivity index (χ4v) is 4.01. The van der Waals surface area contributed by atoms with Gasteiger partial charge in [0, 0.05) is 29.9 Å². The van der Waals surface area contributed by atoms with E-state index in [2.05, 4.69) is 23.8 Å². The van der Waals surface area contributed by atoms with Gasteiger partial charge in [-0.15, -0.1) is 0 Å². The molecule has 1 heterocycles. The minimum Gasteiger partial charge on any atom is -0.348 e. The van der Waals surface area contributed by atoms with Crippen LogP contribution in [0.4, 0.5) is 0 Å². The Morgan fingerprint density at radius 3 is 2.74 bits per heavy atom. The van der Waals surface area contributed by atoms with Gasteiger partial charge in [0.05, 0.1) is 0 Å². The van der Waals surface area contributed by atoms with Crippen LogP contribution in [0, 0.1) is 5.92 Å². The van der Waals surface area contributed by atoms with Crippen LogP contribution >= 0.6 is 0 Å². The second-order valence-electron chi connectivity index (χ2n) is 6.32. The molecule has 0 aliphatic heterocycles. The van der Waals surface area contributed by atoms with E-state index in [1.807, 2.05) is 0 Å². The summed E-state index contributed by atoms with van der Waals surface area (Å²) < 4.78 is 2.44. The summed E-state index contributed by atoms with van der Waals surface area (Å²) >= 11 is 0. The predicted molar refractivity (Wildman–Crippen MR) is 77.6 cm³/mol. The summed E-state index contributed by atoms with van der Waals surface area (Å²) in [4.78, 5) is 11.9. The molecule has 1 aromatic heterocycles. The molecular weight excluding hydrogens is 234 g/mol. The molecule has 0 amide bonds. The highest BCUT2D eigenvalue weighted by Crippen LogP contribution is 2.36. The maximum absolute atomic E-state index is 11.9. The second-order valence-corrected chi connectivity index (χ2v) is 6.32. The van der Waals surface area contributed by atoms with Crippen molar-refractivity contribution in [2.45, 2.75) is 70.8 Å². The number of nitrogens with zero attached hydrogens (tertiary/aromatic N) is 1. The van der Waals surface area contributed by atoms with E-state index in [0.717, 1.165) is 30.7 Å². The van der Waals surface area contributed by atoms with Gasteiger partial charge in [-0.25, -0.2) is 0 Å². The average molecular weight is 259 g/mol. The molecule has 0 radical (unpaired) electrons. The molecule has 0 saturated heterocycles. The largest absolute Gasteiger partial charge is 0.348 e. The van der Waals surface area contributed by atoms with Gasteiger partial charge in [-0.2, -0.15) is 0 Å². The highest BCUT2D eigenvalue weighted by atomic mass is 16.1. The van der Waals surface area contributed by atoms with Crippen LogP contribution in [0.1, 0.15) is 80.4 Å². The SMILES string of the molecule is CCCC1CCC(n2ccc3c2CCCC3=O)CC1. The smallest absolute Gasteiger partial charge is 0.164 e. The van der Waals surface area contributed by atoms with Crippen molar-refractivity contribution in [1.82, 2.24) is 4.57 Å². The van der Waals surface area contributed by atoms with Gasteiger partial charge in [0.2, 0.25) is 0 Å². The van der Waals surface area contributed by atoms with Crippen molar-refractivity contribution in [2.24, 2.45) is 5.92 Å². The molecule has 2 aliphatic carbocycles. The molecule has 2 aliphatic rings. The standard InChI is InChI=1S/C17H25NO/c1-2-4-13-7-9-14(10-8-13)18-12-11-15-16(18)5-3-6-17(15)19/h11-14H,2-10H2,1H3. The van der Waals surface area contributed by atoms with Gasteiger partial charge in [-0.3, -0.25) is 4.79 Å². The zero-order chi connectivity index (χ0) is 13.2. The molecule has 0 atom stereocenters. The molecule has 0 spiro atoms. The van der Waals surface area contributed by atoms with Gasteiger partial charge in [0.25, 0.3) is 0 Å². The number of ketones is 1. The van der Waals surface area contributed by atoms with Crippen LogP contribution in [0.3, 0.4) is 0 Å². The van der Waals surface area contributed by atoms with Gasteiger partial charge in [-0.05, 0) is 50.5 Å². The summed E-state index contributed by atoms with van der Waals surface area (Å²) in [6.07, 6.45) is 13.2.